The minimum Gasteiger partial charge on any atom is -0.457 e. The predicted molar refractivity (Wildman–Crippen MR) is 78.2 cm³/mol. The van der Waals surface area contributed by atoms with E-state index in [2.05, 4.69) is 12.3 Å². The molecule has 3 nitrogen and oxygen atoms in total. The summed E-state index contributed by atoms with van der Waals surface area (Å²) >= 11 is 0. The molecule has 2 rings (SSSR count). The molecule has 1 unspecified atom stereocenters. The van der Waals surface area contributed by atoms with Crippen LogP contribution in [0.15, 0.2) is 73.0 Å². The molecule has 2 aromatic carbocycles. The van der Waals surface area contributed by atoms with Gasteiger partial charge in [-0.15, -0.1) is 5.73 Å². The van der Waals surface area contributed by atoms with Gasteiger partial charge in [-0.05, 0) is 35.9 Å². The van der Waals surface area contributed by atoms with Crippen molar-refractivity contribution in [3.63, 3.8) is 0 Å². The summed E-state index contributed by atoms with van der Waals surface area (Å²) in [6.45, 7) is 3.43. The third-order valence-corrected chi connectivity index (χ3v) is 2.48. The summed E-state index contributed by atoms with van der Waals surface area (Å²) in [6, 6.07) is 16.8. The van der Waals surface area contributed by atoms with E-state index in [1.165, 1.54) is 6.08 Å². The standard InChI is InChI=1S/C16H14O2.CH3O/c1-2-6-16(17)13-9-11-15(12-10-13)18-14-7-4-3-5-8-14;1-2/h3-12,16-17H,1H2;1H3. The Kier molecular flexibility index (Phi) is 6.87. The second-order valence-corrected chi connectivity index (χ2v) is 3.80. The second-order valence-electron chi connectivity index (χ2n) is 3.80. The van der Waals surface area contributed by atoms with Gasteiger partial charge in [0.25, 0.3) is 0 Å². The molecule has 0 aliphatic heterocycles. The first-order valence-corrected chi connectivity index (χ1v) is 6.07. The number of hydrogen-bond donors (Lipinski definition) is 1. The molecule has 0 saturated carbocycles. The van der Waals surface area contributed by atoms with Crippen molar-refractivity contribution in [3.05, 3.63) is 78.5 Å². The average molecular weight is 269 g/mol. The van der Waals surface area contributed by atoms with Crippen molar-refractivity contribution in [1.82, 2.24) is 0 Å². The van der Waals surface area contributed by atoms with E-state index in [1.54, 1.807) is 0 Å². The molecule has 1 radical (unpaired) electrons. The number of benzene rings is 2. The van der Waals surface area contributed by atoms with E-state index in [-0.39, 0.29) is 0 Å². The summed E-state index contributed by atoms with van der Waals surface area (Å²) in [5, 5.41) is 18.0. The van der Waals surface area contributed by atoms with Gasteiger partial charge in [-0.3, -0.25) is 0 Å². The van der Waals surface area contributed by atoms with Crippen molar-refractivity contribution in [2.24, 2.45) is 0 Å². The highest BCUT2D eigenvalue weighted by molar-refractivity contribution is 5.34. The van der Waals surface area contributed by atoms with E-state index in [1.807, 2.05) is 54.6 Å². The van der Waals surface area contributed by atoms with Crippen LogP contribution in [0, 0.1) is 0 Å². The number of aliphatic hydroxyl groups excluding tert-OH is 1. The molecular formula is C17H17O3. The lowest BCUT2D eigenvalue weighted by molar-refractivity contribution is 0.229. The van der Waals surface area contributed by atoms with Crippen LogP contribution in [0.3, 0.4) is 0 Å². The molecule has 0 amide bonds. The first-order chi connectivity index (χ1) is 9.79. The second kappa shape index (κ2) is 8.73. The van der Waals surface area contributed by atoms with Crippen molar-refractivity contribution >= 4 is 0 Å². The first kappa shape index (κ1) is 15.7. The van der Waals surface area contributed by atoms with E-state index < -0.39 is 6.10 Å². The van der Waals surface area contributed by atoms with E-state index in [0.29, 0.717) is 0 Å². The number of rotatable bonds is 4. The minimum atomic E-state index is -0.673. The number of aliphatic hydroxyl groups is 1. The van der Waals surface area contributed by atoms with Crippen molar-refractivity contribution < 1.29 is 14.9 Å². The summed E-state index contributed by atoms with van der Waals surface area (Å²) in [4.78, 5) is 0. The van der Waals surface area contributed by atoms with Gasteiger partial charge in [-0.25, -0.2) is 5.11 Å². The maximum Gasteiger partial charge on any atom is 0.127 e. The Balaban J connectivity index is 0.000000956. The Morgan fingerprint density at radius 2 is 1.60 bits per heavy atom. The first-order valence-electron chi connectivity index (χ1n) is 6.07. The molecule has 0 aliphatic rings. The fourth-order valence-electron chi connectivity index (χ4n) is 1.57. The van der Waals surface area contributed by atoms with Gasteiger partial charge < -0.3 is 9.84 Å². The molecule has 0 bridgehead atoms. The Labute approximate surface area is 119 Å². The SMILES string of the molecule is C=C=CC(O)c1ccc(Oc2ccccc2)cc1.C[O]. The average Bonchev–Trinajstić information content (AvgIpc) is 2.51. The fourth-order valence-corrected chi connectivity index (χ4v) is 1.57. The fraction of sp³-hybridized carbons (Fsp3) is 0.118. The zero-order valence-electron chi connectivity index (χ0n) is 11.3. The molecule has 3 heteroatoms. The van der Waals surface area contributed by atoms with Gasteiger partial charge in [0.15, 0.2) is 0 Å². The molecule has 2 aromatic rings. The van der Waals surface area contributed by atoms with E-state index in [0.717, 1.165) is 24.2 Å². The van der Waals surface area contributed by atoms with Gasteiger partial charge >= 0.3 is 0 Å². The molecule has 1 atom stereocenters. The van der Waals surface area contributed by atoms with Crippen molar-refractivity contribution in [3.8, 4) is 11.5 Å². The lowest BCUT2D eigenvalue weighted by atomic mass is 10.1. The normalized spacial score (nSPS) is 10.6. The maximum atomic E-state index is 9.70. The van der Waals surface area contributed by atoms with E-state index in [9.17, 15) is 5.11 Å². The largest absolute Gasteiger partial charge is 0.457 e. The van der Waals surface area contributed by atoms with Crippen LogP contribution in [0.25, 0.3) is 0 Å². The molecule has 0 heterocycles. The summed E-state index contributed by atoms with van der Waals surface area (Å²) in [5.41, 5.74) is 3.35. The highest BCUT2D eigenvalue weighted by atomic mass is 16.5. The monoisotopic (exact) mass is 269 g/mol. The van der Waals surface area contributed by atoms with Crippen LogP contribution in [-0.2, 0) is 5.11 Å². The van der Waals surface area contributed by atoms with Gasteiger partial charge in [0, 0.05) is 0 Å². The third-order valence-electron chi connectivity index (χ3n) is 2.48. The van der Waals surface area contributed by atoms with E-state index in [4.69, 9.17) is 9.84 Å². The summed E-state index contributed by atoms with van der Waals surface area (Å²) in [5.74, 6) is 1.52. The van der Waals surface area contributed by atoms with Crippen LogP contribution < -0.4 is 4.74 Å². The van der Waals surface area contributed by atoms with Crippen LogP contribution in [0.4, 0.5) is 0 Å². The highest BCUT2D eigenvalue weighted by Gasteiger charge is 2.03. The molecule has 0 saturated heterocycles. The quantitative estimate of drug-likeness (QED) is 0.856. The smallest absolute Gasteiger partial charge is 0.127 e. The minimum absolute atomic E-state index is 0.673. The molecule has 0 aliphatic carbocycles. The van der Waals surface area contributed by atoms with Crippen molar-refractivity contribution in [2.45, 2.75) is 6.10 Å². The van der Waals surface area contributed by atoms with Crippen LogP contribution in [0.1, 0.15) is 11.7 Å². The van der Waals surface area contributed by atoms with Crippen LogP contribution in [0.5, 0.6) is 11.5 Å². The maximum absolute atomic E-state index is 9.70. The number of hydrogen-bond acceptors (Lipinski definition) is 2. The lowest BCUT2D eigenvalue weighted by Gasteiger charge is -2.08. The molecule has 20 heavy (non-hydrogen) atoms. The Hall–Kier alpha value is -2.32. The van der Waals surface area contributed by atoms with Crippen LogP contribution in [-0.4, -0.2) is 12.2 Å². The number of para-hydroxylation sites is 1. The van der Waals surface area contributed by atoms with Crippen molar-refractivity contribution in [1.29, 1.82) is 0 Å². The Morgan fingerprint density at radius 3 is 2.15 bits per heavy atom. The molecule has 0 fully saturated rings. The predicted octanol–water partition coefficient (Wildman–Crippen LogP) is 3.90. The van der Waals surface area contributed by atoms with Crippen molar-refractivity contribution in [2.75, 3.05) is 7.11 Å². The topological polar surface area (TPSA) is 49.4 Å². The molecule has 1 N–H and O–H groups in total. The summed E-state index contributed by atoms with van der Waals surface area (Å²) in [6.07, 6.45) is 0.834. The van der Waals surface area contributed by atoms with Crippen LogP contribution in [0.2, 0.25) is 0 Å². The molecule has 0 spiro atoms. The summed E-state index contributed by atoms with van der Waals surface area (Å²) < 4.78 is 5.65. The van der Waals surface area contributed by atoms with Gasteiger partial charge in [0.2, 0.25) is 0 Å². The van der Waals surface area contributed by atoms with Gasteiger partial charge in [-0.1, -0.05) is 36.9 Å². The molecule has 0 aromatic heterocycles. The van der Waals surface area contributed by atoms with Gasteiger partial charge in [0.1, 0.15) is 17.6 Å². The lowest BCUT2D eigenvalue weighted by Crippen LogP contribution is -1.92. The van der Waals surface area contributed by atoms with Gasteiger partial charge in [0.05, 0.1) is 7.11 Å². The van der Waals surface area contributed by atoms with Gasteiger partial charge in [-0.2, -0.15) is 0 Å². The molecular weight excluding hydrogens is 252 g/mol. The zero-order chi connectivity index (χ0) is 14.8. The highest BCUT2D eigenvalue weighted by Crippen LogP contribution is 2.23. The van der Waals surface area contributed by atoms with Crippen LogP contribution >= 0.6 is 0 Å². The Morgan fingerprint density at radius 1 is 1.05 bits per heavy atom. The Bertz CT molecular complexity index is 540. The third kappa shape index (κ3) is 4.75. The van der Waals surface area contributed by atoms with E-state index >= 15 is 0 Å². The number of ether oxygens (including phenoxy) is 1. The zero-order valence-corrected chi connectivity index (χ0v) is 11.3. The molecule has 103 valence electrons. The summed E-state index contributed by atoms with van der Waals surface area (Å²) in [7, 11) is 0.750.